The van der Waals surface area contributed by atoms with Gasteiger partial charge in [0, 0.05) is 12.7 Å². The van der Waals surface area contributed by atoms with Gasteiger partial charge in [0.05, 0.1) is 5.56 Å². The minimum atomic E-state index is -0.0666. The minimum absolute atomic E-state index is 0.0666. The highest BCUT2D eigenvalue weighted by atomic mass is 16.1. The predicted octanol–water partition coefficient (Wildman–Crippen LogP) is 0.125. The highest BCUT2D eigenvalue weighted by Crippen LogP contribution is 2.11. The van der Waals surface area contributed by atoms with Crippen molar-refractivity contribution in [3.05, 3.63) is 29.6 Å². The predicted molar refractivity (Wildman–Crippen MR) is 34.2 cm³/mol. The number of carbonyl (C=O) groups excluding carboxylic acids is 1. The molecule has 1 aromatic rings. The quantitative estimate of drug-likeness (QED) is 0.546. The molecule has 2 heterocycles. The second-order valence-corrected chi connectivity index (χ2v) is 2.14. The number of nitrogens with one attached hydrogen (secondary N) is 1. The van der Waals surface area contributed by atoms with Crippen LogP contribution in [-0.4, -0.2) is 10.9 Å². The summed E-state index contributed by atoms with van der Waals surface area (Å²) in [6, 6.07) is 1.82. The SMILES string of the molecule is O=C1NCc2ccn[c]c21. The molecule has 0 atom stereocenters. The highest BCUT2D eigenvalue weighted by Gasteiger charge is 2.17. The fraction of sp³-hybridized carbons (Fsp3) is 0.143. The third-order valence-corrected chi connectivity index (χ3v) is 1.51. The topological polar surface area (TPSA) is 42.0 Å². The van der Waals surface area contributed by atoms with E-state index in [2.05, 4.69) is 16.5 Å². The first-order chi connectivity index (χ1) is 4.88. The Morgan fingerprint density at radius 2 is 2.60 bits per heavy atom. The summed E-state index contributed by atoms with van der Waals surface area (Å²) < 4.78 is 0. The molecule has 2 rings (SSSR count). The Kier molecular flexibility index (Phi) is 0.974. The van der Waals surface area contributed by atoms with Gasteiger partial charge in [-0.25, -0.2) is 0 Å². The van der Waals surface area contributed by atoms with Crippen LogP contribution in [0.15, 0.2) is 12.3 Å². The number of amides is 1. The zero-order valence-corrected chi connectivity index (χ0v) is 5.22. The smallest absolute Gasteiger partial charge is 0.254 e. The van der Waals surface area contributed by atoms with Gasteiger partial charge in [0.25, 0.3) is 5.91 Å². The number of carbonyl (C=O) groups is 1. The molecule has 1 amide bonds. The van der Waals surface area contributed by atoms with Gasteiger partial charge in [-0.1, -0.05) is 0 Å². The van der Waals surface area contributed by atoms with Crippen LogP contribution < -0.4 is 5.32 Å². The van der Waals surface area contributed by atoms with Crippen molar-refractivity contribution in [2.75, 3.05) is 0 Å². The van der Waals surface area contributed by atoms with Crippen LogP contribution >= 0.6 is 0 Å². The Morgan fingerprint density at radius 3 is 3.40 bits per heavy atom. The lowest BCUT2D eigenvalue weighted by Gasteiger charge is -1.88. The molecule has 1 aliphatic rings. The Balaban J connectivity index is 2.61. The van der Waals surface area contributed by atoms with E-state index in [-0.39, 0.29) is 5.91 Å². The number of aromatic nitrogens is 1. The van der Waals surface area contributed by atoms with Crippen molar-refractivity contribution in [3.8, 4) is 0 Å². The molecule has 0 aromatic carbocycles. The van der Waals surface area contributed by atoms with Crippen molar-refractivity contribution in [1.29, 1.82) is 0 Å². The summed E-state index contributed by atoms with van der Waals surface area (Å²) in [4.78, 5) is 14.6. The number of nitrogens with zero attached hydrogens (tertiary/aromatic N) is 1. The fourth-order valence-corrected chi connectivity index (χ4v) is 0.992. The second-order valence-electron chi connectivity index (χ2n) is 2.14. The molecule has 10 heavy (non-hydrogen) atoms. The van der Waals surface area contributed by atoms with E-state index in [0.717, 1.165) is 5.56 Å². The minimum Gasteiger partial charge on any atom is -0.348 e. The number of hydrogen-bond donors (Lipinski definition) is 1. The summed E-state index contributed by atoms with van der Waals surface area (Å²) in [6.07, 6.45) is 4.27. The van der Waals surface area contributed by atoms with Crippen LogP contribution in [0.1, 0.15) is 15.9 Å². The van der Waals surface area contributed by atoms with Gasteiger partial charge < -0.3 is 5.32 Å². The molecule has 0 unspecified atom stereocenters. The molecule has 0 aliphatic carbocycles. The maximum Gasteiger partial charge on any atom is 0.254 e. The summed E-state index contributed by atoms with van der Waals surface area (Å²) in [5.41, 5.74) is 1.57. The van der Waals surface area contributed by atoms with E-state index < -0.39 is 0 Å². The normalized spacial score (nSPS) is 14.6. The van der Waals surface area contributed by atoms with Crippen molar-refractivity contribution in [2.24, 2.45) is 0 Å². The molecular weight excluding hydrogens is 128 g/mol. The lowest BCUT2D eigenvalue weighted by molar-refractivity contribution is 0.0965. The zero-order chi connectivity index (χ0) is 6.97. The first-order valence-corrected chi connectivity index (χ1v) is 3.02. The summed E-state index contributed by atoms with van der Waals surface area (Å²) in [5.74, 6) is -0.0666. The Labute approximate surface area is 58.1 Å². The Hall–Kier alpha value is -1.38. The van der Waals surface area contributed by atoms with E-state index in [9.17, 15) is 4.79 Å². The van der Waals surface area contributed by atoms with E-state index in [4.69, 9.17) is 0 Å². The second kappa shape index (κ2) is 1.80. The van der Waals surface area contributed by atoms with Crippen molar-refractivity contribution in [1.82, 2.24) is 10.3 Å². The van der Waals surface area contributed by atoms with Crippen molar-refractivity contribution >= 4 is 5.91 Å². The maximum atomic E-state index is 10.9. The molecule has 3 nitrogen and oxygen atoms in total. The molecule has 49 valence electrons. The number of fused-ring (bicyclic) bond motifs is 1. The average Bonchev–Trinajstić information content (AvgIpc) is 2.34. The maximum absolute atomic E-state index is 10.9. The monoisotopic (exact) mass is 133 g/mol. The van der Waals surface area contributed by atoms with E-state index in [1.807, 2.05) is 6.07 Å². The molecule has 0 fully saturated rings. The van der Waals surface area contributed by atoms with Crippen LogP contribution in [0.5, 0.6) is 0 Å². The molecule has 1 aromatic heterocycles. The Morgan fingerprint density at radius 1 is 1.70 bits per heavy atom. The van der Waals surface area contributed by atoms with Gasteiger partial charge in [0.1, 0.15) is 6.20 Å². The number of rotatable bonds is 0. The van der Waals surface area contributed by atoms with Crippen LogP contribution in [0.3, 0.4) is 0 Å². The van der Waals surface area contributed by atoms with Crippen LogP contribution in [0.25, 0.3) is 0 Å². The molecule has 0 spiro atoms. The summed E-state index contributed by atoms with van der Waals surface area (Å²) >= 11 is 0. The molecule has 1 radical (unpaired) electrons. The fourth-order valence-electron chi connectivity index (χ4n) is 0.992. The summed E-state index contributed by atoms with van der Waals surface area (Å²) in [6.45, 7) is 0.618. The molecular formula is C7H5N2O. The standard InChI is InChI=1S/C7H5N2O/c10-7-6-4-8-2-1-5(6)3-9-7/h1-2H,3H2,(H,9,10). The number of hydrogen-bond acceptors (Lipinski definition) is 2. The van der Waals surface area contributed by atoms with Crippen LogP contribution in [-0.2, 0) is 6.54 Å². The van der Waals surface area contributed by atoms with Gasteiger partial charge in [0.2, 0.25) is 0 Å². The Bertz CT molecular complexity index is 283. The first kappa shape index (κ1) is 5.41. The van der Waals surface area contributed by atoms with E-state index in [0.29, 0.717) is 12.1 Å². The molecule has 1 aliphatic heterocycles. The third-order valence-electron chi connectivity index (χ3n) is 1.51. The van der Waals surface area contributed by atoms with Gasteiger partial charge in [-0.05, 0) is 11.6 Å². The van der Waals surface area contributed by atoms with Gasteiger partial charge in [-0.3, -0.25) is 9.78 Å². The van der Waals surface area contributed by atoms with Crippen LogP contribution in [0.2, 0.25) is 0 Å². The van der Waals surface area contributed by atoms with Crippen molar-refractivity contribution < 1.29 is 4.79 Å². The third kappa shape index (κ3) is 0.603. The van der Waals surface area contributed by atoms with Crippen molar-refractivity contribution in [2.45, 2.75) is 6.54 Å². The highest BCUT2D eigenvalue weighted by molar-refractivity contribution is 5.97. The van der Waals surface area contributed by atoms with E-state index in [1.165, 1.54) is 0 Å². The van der Waals surface area contributed by atoms with Crippen molar-refractivity contribution in [3.63, 3.8) is 0 Å². The van der Waals surface area contributed by atoms with Crippen LogP contribution in [0.4, 0.5) is 0 Å². The van der Waals surface area contributed by atoms with E-state index in [1.54, 1.807) is 6.20 Å². The largest absolute Gasteiger partial charge is 0.348 e. The van der Waals surface area contributed by atoms with Gasteiger partial charge in [-0.15, -0.1) is 0 Å². The van der Waals surface area contributed by atoms with Gasteiger partial charge in [-0.2, -0.15) is 0 Å². The molecule has 0 bridgehead atoms. The summed E-state index contributed by atoms with van der Waals surface area (Å²) in [7, 11) is 0. The number of pyridine rings is 1. The average molecular weight is 133 g/mol. The van der Waals surface area contributed by atoms with Gasteiger partial charge in [0.15, 0.2) is 0 Å². The first-order valence-electron chi connectivity index (χ1n) is 3.02. The molecule has 1 N–H and O–H groups in total. The molecule has 3 heteroatoms. The zero-order valence-electron chi connectivity index (χ0n) is 5.22. The van der Waals surface area contributed by atoms with E-state index >= 15 is 0 Å². The lowest BCUT2D eigenvalue weighted by Crippen LogP contribution is -2.12. The lowest BCUT2D eigenvalue weighted by atomic mass is 10.2. The molecule has 0 saturated heterocycles. The summed E-state index contributed by atoms with van der Waals surface area (Å²) in [5, 5.41) is 2.67. The van der Waals surface area contributed by atoms with Crippen LogP contribution in [0, 0.1) is 6.20 Å². The van der Waals surface area contributed by atoms with Gasteiger partial charge >= 0.3 is 0 Å². The molecule has 0 saturated carbocycles.